The minimum absolute atomic E-state index is 0.739. The lowest BCUT2D eigenvalue weighted by atomic mass is 9.95. The Hall–Kier alpha value is -0.0800. The van der Waals surface area contributed by atoms with Gasteiger partial charge in [0.05, 0.1) is 0 Å². The van der Waals surface area contributed by atoms with Crippen LogP contribution < -0.4 is 5.32 Å². The number of hydrogen-bond acceptors (Lipinski definition) is 2. The number of rotatable bonds is 5. The molecule has 2 fully saturated rings. The second-order valence-electron chi connectivity index (χ2n) is 6.49. The number of nitrogens with zero attached hydrogens (tertiary/aromatic N) is 1. The Morgan fingerprint density at radius 2 is 1.82 bits per heavy atom. The van der Waals surface area contributed by atoms with Crippen molar-refractivity contribution in [3.8, 4) is 0 Å². The highest BCUT2D eigenvalue weighted by molar-refractivity contribution is 4.85. The van der Waals surface area contributed by atoms with Crippen molar-refractivity contribution >= 4 is 0 Å². The highest BCUT2D eigenvalue weighted by atomic mass is 15.2. The van der Waals surface area contributed by atoms with Crippen LogP contribution in [-0.2, 0) is 0 Å². The van der Waals surface area contributed by atoms with Gasteiger partial charge in [-0.15, -0.1) is 0 Å². The van der Waals surface area contributed by atoms with Gasteiger partial charge in [-0.2, -0.15) is 0 Å². The molecule has 1 aliphatic heterocycles. The minimum atomic E-state index is 0.739. The maximum atomic E-state index is 3.57. The van der Waals surface area contributed by atoms with Gasteiger partial charge in [-0.1, -0.05) is 26.7 Å². The van der Waals surface area contributed by atoms with Crippen molar-refractivity contribution in [3.05, 3.63) is 0 Å². The van der Waals surface area contributed by atoms with Gasteiger partial charge < -0.3 is 10.2 Å². The molecule has 0 amide bonds. The maximum Gasteiger partial charge on any atom is 0.0220 e. The van der Waals surface area contributed by atoms with Gasteiger partial charge in [0.25, 0.3) is 0 Å². The Labute approximate surface area is 107 Å². The fourth-order valence-corrected chi connectivity index (χ4v) is 3.69. The summed E-state index contributed by atoms with van der Waals surface area (Å²) in [5, 5.41) is 3.57. The third-order valence-electron chi connectivity index (χ3n) is 5.05. The molecule has 1 heterocycles. The molecule has 17 heavy (non-hydrogen) atoms. The van der Waals surface area contributed by atoms with E-state index < -0.39 is 0 Å². The van der Waals surface area contributed by atoms with Crippen LogP contribution in [0.2, 0.25) is 0 Å². The second-order valence-corrected chi connectivity index (χ2v) is 6.49. The lowest BCUT2D eigenvalue weighted by Crippen LogP contribution is -2.42. The molecule has 2 unspecified atom stereocenters. The van der Waals surface area contributed by atoms with Crippen molar-refractivity contribution in [1.29, 1.82) is 0 Å². The Bertz CT molecular complexity index is 221. The monoisotopic (exact) mass is 238 g/mol. The van der Waals surface area contributed by atoms with Crippen LogP contribution in [-0.4, -0.2) is 37.6 Å². The first-order valence-corrected chi connectivity index (χ1v) is 7.60. The van der Waals surface area contributed by atoms with E-state index >= 15 is 0 Å². The van der Waals surface area contributed by atoms with Gasteiger partial charge in [-0.3, -0.25) is 0 Å². The molecule has 2 nitrogen and oxygen atoms in total. The van der Waals surface area contributed by atoms with E-state index in [4.69, 9.17) is 0 Å². The number of hydrogen-bond donors (Lipinski definition) is 1. The van der Waals surface area contributed by atoms with Crippen molar-refractivity contribution in [2.45, 2.75) is 52.0 Å². The van der Waals surface area contributed by atoms with Gasteiger partial charge in [0.2, 0.25) is 0 Å². The molecule has 100 valence electrons. The molecule has 1 N–H and O–H groups in total. The fourth-order valence-electron chi connectivity index (χ4n) is 3.69. The van der Waals surface area contributed by atoms with E-state index in [1.807, 2.05) is 0 Å². The van der Waals surface area contributed by atoms with Crippen LogP contribution in [0.4, 0.5) is 0 Å². The number of nitrogens with one attached hydrogen (secondary N) is 1. The third-order valence-corrected chi connectivity index (χ3v) is 5.05. The van der Waals surface area contributed by atoms with E-state index in [9.17, 15) is 0 Å². The summed E-state index contributed by atoms with van der Waals surface area (Å²) < 4.78 is 0. The molecule has 0 aromatic carbocycles. The zero-order valence-electron chi connectivity index (χ0n) is 11.9. The van der Waals surface area contributed by atoms with Crippen LogP contribution >= 0.6 is 0 Å². The smallest absolute Gasteiger partial charge is 0.0220 e. The largest absolute Gasteiger partial charge is 0.315 e. The second kappa shape index (κ2) is 6.19. The van der Waals surface area contributed by atoms with Gasteiger partial charge in [-0.05, 0) is 50.6 Å². The van der Waals surface area contributed by atoms with E-state index in [0.29, 0.717) is 0 Å². The Morgan fingerprint density at radius 3 is 2.35 bits per heavy atom. The molecule has 2 heteroatoms. The van der Waals surface area contributed by atoms with E-state index in [2.05, 4.69) is 31.1 Å². The van der Waals surface area contributed by atoms with Crippen LogP contribution in [0.1, 0.15) is 46.0 Å². The molecular formula is C15H30N2. The Kier molecular flexibility index (Phi) is 4.87. The maximum absolute atomic E-state index is 3.57. The van der Waals surface area contributed by atoms with Crippen LogP contribution in [0.15, 0.2) is 0 Å². The molecule has 0 aromatic rings. The number of likely N-dealkylation sites (N-methyl/N-ethyl adjacent to an activating group) is 1. The minimum Gasteiger partial charge on any atom is -0.315 e. The van der Waals surface area contributed by atoms with E-state index in [0.717, 1.165) is 23.8 Å². The van der Waals surface area contributed by atoms with E-state index in [1.165, 1.54) is 51.7 Å². The van der Waals surface area contributed by atoms with Crippen LogP contribution in [0.25, 0.3) is 0 Å². The van der Waals surface area contributed by atoms with Crippen LogP contribution in [0.3, 0.4) is 0 Å². The summed E-state index contributed by atoms with van der Waals surface area (Å²) in [6.07, 6.45) is 7.23. The molecule has 1 aliphatic carbocycles. The predicted molar refractivity (Wildman–Crippen MR) is 74.2 cm³/mol. The molecule has 1 saturated heterocycles. The third kappa shape index (κ3) is 3.45. The molecule has 2 rings (SSSR count). The summed E-state index contributed by atoms with van der Waals surface area (Å²) in [4.78, 5) is 2.70. The van der Waals surface area contributed by atoms with Crippen molar-refractivity contribution in [1.82, 2.24) is 10.2 Å². The van der Waals surface area contributed by atoms with Crippen molar-refractivity contribution in [2.24, 2.45) is 17.8 Å². The number of likely N-dealkylation sites (tertiary alicyclic amines) is 1. The SMILES string of the molecule is CNC(CN1CCC(C(C)C)C1)C1CCCC1. The summed E-state index contributed by atoms with van der Waals surface area (Å²) in [6.45, 7) is 8.70. The summed E-state index contributed by atoms with van der Waals surface area (Å²) in [5.74, 6) is 2.74. The first-order valence-electron chi connectivity index (χ1n) is 7.60. The summed E-state index contributed by atoms with van der Waals surface area (Å²) in [7, 11) is 2.15. The summed E-state index contributed by atoms with van der Waals surface area (Å²) in [6, 6.07) is 0.739. The zero-order valence-corrected chi connectivity index (χ0v) is 11.9. The molecule has 0 aromatic heterocycles. The van der Waals surface area contributed by atoms with Crippen LogP contribution in [0.5, 0.6) is 0 Å². The van der Waals surface area contributed by atoms with E-state index in [-0.39, 0.29) is 0 Å². The molecule has 0 radical (unpaired) electrons. The molecule has 2 aliphatic rings. The average Bonchev–Trinajstić information content (AvgIpc) is 2.96. The quantitative estimate of drug-likeness (QED) is 0.792. The zero-order chi connectivity index (χ0) is 12.3. The summed E-state index contributed by atoms with van der Waals surface area (Å²) >= 11 is 0. The average molecular weight is 238 g/mol. The van der Waals surface area contributed by atoms with Crippen LogP contribution in [0, 0.1) is 17.8 Å². The molecule has 2 atom stereocenters. The fraction of sp³-hybridized carbons (Fsp3) is 1.00. The Morgan fingerprint density at radius 1 is 1.12 bits per heavy atom. The van der Waals surface area contributed by atoms with Gasteiger partial charge >= 0.3 is 0 Å². The van der Waals surface area contributed by atoms with E-state index in [1.54, 1.807) is 0 Å². The predicted octanol–water partition coefficient (Wildman–Crippen LogP) is 2.74. The molecule has 1 saturated carbocycles. The van der Waals surface area contributed by atoms with Crippen molar-refractivity contribution < 1.29 is 0 Å². The Balaban J connectivity index is 1.79. The first-order chi connectivity index (χ1) is 8.20. The normalized spacial score (nSPS) is 29.3. The lowest BCUT2D eigenvalue weighted by molar-refractivity contribution is 0.236. The summed E-state index contributed by atoms with van der Waals surface area (Å²) in [5.41, 5.74) is 0. The van der Waals surface area contributed by atoms with Gasteiger partial charge in [0.15, 0.2) is 0 Å². The first kappa shape index (κ1) is 13.4. The van der Waals surface area contributed by atoms with Crippen molar-refractivity contribution in [2.75, 3.05) is 26.7 Å². The lowest BCUT2D eigenvalue weighted by Gasteiger charge is -2.28. The topological polar surface area (TPSA) is 15.3 Å². The van der Waals surface area contributed by atoms with Gasteiger partial charge in [0.1, 0.15) is 0 Å². The molecule has 0 spiro atoms. The molecule has 0 bridgehead atoms. The standard InChI is InChI=1S/C15H30N2/c1-12(2)14-8-9-17(10-14)11-15(16-3)13-6-4-5-7-13/h12-16H,4-11H2,1-3H3. The highest BCUT2D eigenvalue weighted by Crippen LogP contribution is 2.29. The van der Waals surface area contributed by atoms with Crippen molar-refractivity contribution in [3.63, 3.8) is 0 Å². The highest BCUT2D eigenvalue weighted by Gasteiger charge is 2.29. The molecular weight excluding hydrogens is 208 g/mol. The van der Waals surface area contributed by atoms with Gasteiger partial charge in [-0.25, -0.2) is 0 Å². The van der Waals surface area contributed by atoms with Gasteiger partial charge in [0, 0.05) is 19.1 Å².